The monoisotopic (exact) mass is 802 g/mol. The molecule has 1 saturated carbocycles. The highest BCUT2D eigenvalue weighted by atomic mass is 15.1. The quantitative estimate of drug-likeness (QED) is 0.129. The number of rotatable bonds is 11. The molecule has 2 nitrogen and oxygen atoms in total. The van der Waals surface area contributed by atoms with E-state index in [9.17, 15) is 0 Å². The molecular formula is C60H54N2. The average Bonchev–Trinajstić information content (AvgIpc) is 3.36. The maximum absolute atomic E-state index is 2.49. The van der Waals surface area contributed by atoms with Crippen molar-refractivity contribution in [3.63, 3.8) is 0 Å². The van der Waals surface area contributed by atoms with E-state index in [2.05, 4.69) is 228 Å². The zero-order chi connectivity index (χ0) is 41.5. The number of hydrogen-bond donors (Lipinski definition) is 0. The van der Waals surface area contributed by atoms with Crippen LogP contribution in [0.1, 0.15) is 51.4 Å². The predicted octanol–water partition coefficient (Wildman–Crippen LogP) is 17.0. The fourth-order valence-electron chi connectivity index (χ4n) is 9.78. The van der Waals surface area contributed by atoms with Crippen LogP contribution in [0, 0.1) is 11.8 Å². The molecule has 2 heteroatoms. The van der Waals surface area contributed by atoms with Crippen LogP contribution in [0.4, 0.5) is 28.4 Å². The van der Waals surface area contributed by atoms with Crippen molar-refractivity contribution >= 4 is 28.4 Å². The second kappa shape index (κ2) is 18.4. The number of nitrogens with zero attached hydrogens (tertiary/aromatic N) is 2. The van der Waals surface area contributed by atoms with Crippen molar-refractivity contribution in [2.45, 2.75) is 51.4 Å². The van der Waals surface area contributed by atoms with Gasteiger partial charge in [0.05, 0.1) is 0 Å². The lowest BCUT2D eigenvalue weighted by atomic mass is 9.77. The van der Waals surface area contributed by atoms with Crippen LogP contribution in [-0.2, 0) is 0 Å². The summed E-state index contributed by atoms with van der Waals surface area (Å²) in [4.78, 5) is 4.73. The Hall–Kier alpha value is -6.90. The SMILES string of the molecule is C1=CC(C2=CC=C(C3CCCCC3)CC2)CC=C1N(c1ccc(-c2ccc(-c3ccccc3)cc2)cc1)c1ccc(-c2ccc(N(c3ccccc3)c3ccccc3)cc2)cc1. The summed E-state index contributed by atoms with van der Waals surface area (Å²) < 4.78 is 0. The highest BCUT2D eigenvalue weighted by Gasteiger charge is 2.24. The topological polar surface area (TPSA) is 6.48 Å². The van der Waals surface area contributed by atoms with Gasteiger partial charge in [-0.1, -0.05) is 182 Å². The van der Waals surface area contributed by atoms with Crippen molar-refractivity contribution in [1.82, 2.24) is 0 Å². The third-order valence-electron chi connectivity index (χ3n) is 13.2. The second-order valence-electron chi connectivity index (χ2n) is 17.1. The Morgan fingerprint density at radius 1 is 0.355 bits per heavy atom. The summed E-state index contributed by atoms with van der Waals surface area (Å²) in [7, 11) is 0. The van der Waals surface area contributed by atoms with Gasteiger partial charge in [-0.05, 0) is 138 Å². The summed E-state index contributed by atoms with van der Waals surface area (Å²) in [6, 6.07) is 67.8. The molecule has 10 rings (SSSR count). The molecule has 0 spiro atoms. The van der Waals surface area contributed by atoms with Crippen molar-refractivity contribution in [2.75, 3.05) is 9.80 Å². The Kier molecular flexibility index (Phi) is 11.6. The molecule has 0 N–H and O–H groups in total. The number of benzene rings is 7. The Morgan fingerprint density at radius 2 is 0.742 bits per heavy atom. The standard InChI is InChI=1S/C60H54N2/c1-5-13-45(14-6-1)47-21-25-49(26-22-47)51-29-39-58(40-30-51)62(59-41-31-52(32-42-59)50-27-23-48(24-28-50)46-15-7-2-8-16-46)60-43-35-54(36-44-60)53-33-37-57(38-34-53)61(55-17-9-3-10-18-55)56-19-11-4-12-20-56/h1,3-6,9-14,17-23,25-27,29-31,33-44,46,52H,2,7-8,15-16,24,28,32H2. The third-order valence-corrected chi connectivity index (χ3v) is 13.2. The predicted molar refractivity (Wildman–Crippen MR) is 263 cm³/mol. The maximum Gasteiger partial charge on any atom is 0.0462 e. The van der Waals surface area contributed by atoms with Gasteiger partial charge >= 0.3 is 0 Å². The fourth-order valence-corrected chi connectivity index (χ4v) is 9.78. The number of para-hydroxylation sites is 2. The molecule has 1 fully saturated rings. The highest BCUT2D eigenvalue weighted by molar-refractivity contribution is 5.80. The lowest BCUT2D eigenvalue weighted by Gasteiger charge is -2.31. The molecule has 0 saturated heterocycles. The molecular weight excluding hydrogens is 749 g/mol. The number of anilines is 5. The summed E-state index contributed by atoms with van der Waals surface area (Å²) in [6.07, 6.45) is 22.7. The normalized spacial score (nSPS) is 16.5. The Bertz CT molecular complexity index is 2640. The number of hydrogen-bond acceptors (Lipinski definition) is 2. The van der Waals surface area contributed by atoms with E-state index in [0.29, 0.717) is 5.92 Å². The first kappa shape index (κ1) is 39.2. The zero-order valence-electron chi connectivity index (χ0n) is 35.5. The molecule has 304 valence electrons. The highest BCUT2D eigenvalue weighted by Crippen LogP contribution is 2.41. The zero-order valence-corrected chi connectivity index (χ0v) is 35.5. The average molecular weight is 803 g/mol. The molecule has 3 aliphatic carbocycles. The molecule has 1 unspecified atom stereocenters. The summed E-state index contributed by atoms with van der Waals surface area (Å²) in [6.45, 7) is 0. The van der Waals surface area contributed by atoms with E-state index in [1.807, 2.05) is 0 Å². The minimum atomic E-state index is 0.455. The Morgan fingerprint density at radius 3 is 1.18 bits per heavy atom. The van der Waals surface area contributed by atoms with Gasteiger partial charge in [-0.15, -0.1) is 0 Å². The van der Waals surface area contributed by atoms with Crippen molar-refractivity contribution in [1.29, 1.82) is 0 Å². The molecule has 0 bridgehead atoms. The molecule has 0 radical (unpaired) electrons. The minimum absolute atomic E-state index is 0.455. The van der Waals surface area contributed by atoms with Crippen LogP contribution in [0.25, 0.3) is 33.4 Å². The van der Waals surface area contributed by atoms with Gasteiger partial charge in [0.25, 0.3) is 0 Å². The number of allylic oxidation sites excluding steroid dienone is 7. The molecule has 1 atom stereocenters. The fraction of sp³-hybridized carbons (Fsp3) is 0.167. The molecule has 3 aliphatic rings. The minimum Gasteiger partial charge on any atom is -0.311 e. The van der Waals surface area contributed by atoms with Gasteiger partial charge in [0.1, 0.15) is 0 Å². The third kappa shape index (κ3) is 8.65. The van der Waals surface area contributed by atoms with E-state index in [0.717, 1.165) is 40.8 Å². The van der Waals surface area contributed by atoms with Crippen LogP contribution in [0.3, 0.4) is 0 Å². The smallest absolute Gasteiger partial charge is 0.0462 e. The summed E-state index contributed by atoms with van der Waals surface area (Å²) in [5, 5.41) is 0. The molecule has 62 heavy (non-hydrogen) atoms. The first-order valence-electron chi connectivity index (χ1n) is 22.7. The van der Waals surface area contributed by atoms with Crippen LogP contribution in [-0.4, -0.2) is 0 Å². The molecule has 7 aromatic carbocycles. The Balaban J connectivity index is 0.918. The van der Waals surface area contributed by atoms with E-state index in [1.165, 1.54) is 84.0 Å². The van der Waals surface area contributed by atoms with Crippen LogP contribution in [0.15, 0.2) is 235 Å². The van der Waals surface area contributed by atoms with E-state index in [-0.39, 0.29) is 0 Å². The van der Waals surface area contributed by atoms with Crippen molar-refractivity contribution < 1.29 is 0 Å². The van der Waals surface area contributed by atoms with Gasteiger partial charge in [-0.25, -0.2) is 0 Å². The largest absolute Gasteiger partial charge is 0.311 e. The van der Waals surface area contributed by atoms with Crippen LogP contribution < -0.4 is 9.80 Å². The van der Waals surface area contributed by atoms with E-state index in [4.69, 9.17) is 0 Å². The van der Waals surface area contributed by atoms with Crippen LogP contribution in [0.5, 0.6) is 0 Å². The molecule has 0 amide bonds. The van der Waals surface area contributed by atoms with Gasteiger partial charge < -0.3 is 9.80 Å². The summed E-state index contributed by atoms with van der Waals surface area (Å²) in [5.74, 6) is 1.27. The first-order chi connectivity index (χ1) is 30.7. The van der Waals surface area contributed by atoms with Gasteiger partial charge in [0.2, 0.25) is 0 Å². The van der Waals surface area contributed by atoms with E-state index >= 15 is 0 Å². The van der Waals surface area contributed by atoms with E-state index in [1.54, 1.807) is 11.1 Å². The lowest BCUT2D eigenvalue weighted by molar-refractivity contribution is 0.393. The first-order valence-corrected chi connectivity index (χ1v) is 22.7. The summed E-state index contributed by atoms with van der Waals surface area (Å²) in [5.41, 5.74) is 17.5. The van der Waals surface area contributed by atoms with Crippen molar-refractivity contribution in [2.24, 2.45) is 11.8 Å². The van der Waals surface area contributed by atoms with Crippen LogP contribution >= 0.6 is 0 Å². The molecule has 0 aliphatic heterocycles. The van der Waals surface area contributed by atoms with Gasteiger partial charge in [-0.2, -0.15) is 0 Å². The van der Waals surface area contributed by atoms with Gasteiger partial charge in [0.15, 0.2) is 0 Å². The Labute approximate surface area is 368 Å². The summed E-state index contributed by atoms with van der Waals surface area (Å²) >= 11 is 0. The van der Waals surface area contributed by atoms with E-state index < -0.39 is 0 Å². The van der Waals surface area contributed by atoms with Crippen molar-refractivity contribution in [3.8, 4) is 33.4 Å². The second-order valence-corrected chi connectivity index (χ2v) is 17.1. The molecule has 0 heterocycles. The molecule has 0 aromatic heterocycles. The van der Waals surface area contributed by atoms with Crippen molar-refractivity contribution in [3.05, 3.63) is 235 Å². The van der Waals surface area contributed by atoms with Crippen LogP contribution in [0.2, 0.25) is 0 Å². The van der Waals surface area contributed by atoms with Gasteiger partial charge in [0, 0.05) is 40.1 Å². The molecule has 7 aromatic rings. The lowest BCUT2D eigenvalue weighted by Crippen LogP contribution is -2.18. The van der Waals surface area contributed by atoms with Gasteiger partial charge in [-0.3, -0.25) is 0 Å². The maximum atomic E-state index is 2.49.